The van der Waals surface area contributed by atoms with Crippen molar-refractivity contribution in [3.63, 3.8) is 0 Å². The number of hydrogen-bond acceptors (Lipinski definition) is 2. The molecule has 2 heteroatoms. The van der Waals surface area contributed by atoms with Crippen molar-refractivity contribution < 1.29 is 4.42 Å². The van der Waals surface area contributed by atoms with Crippen LogP contribution in [0.3, 0.4) is 0 Å². The lowest BCUT2D eigenvalue weighted by atomic mass is 9.84. The van der Waals surface area contributed by atoms with Crippen molar-refractivity contribution in [2.24, 2.45) is 0 Å². The molecular weight excluding hydrogens is 522 g/mol. The Morgan fingerprint density at radius 1 is 0.465 bits per heavy atom. The van der Waals surface area contributed by atoms with E-state index in [9.17, 15) is 0 Å². The van der Waals surface area contributed by atoms with Crippen LogP contribution in [0.15, 0.2) is 120 Å². The molecule has 206 valence electrons. The Balaban J connectivity index is 1.48. The van der Waals surface area contributed by atoms with Crippen LogP contribution >= 0.6 is 0 Å². The molecule has 0 aliphatic heterocycles. The van der Waals surface area contributed by atoms with Crippen LogP contribution in [0.4, 0.5) is 0 Å². The molecule has 7 aromatic carbocycles. The first-order chi connectivity index (χ1) is 20.9. The number of aryl methyl sites for hydroxylation is 4. The lowest BCUT2D eigenvalue weighted by molar-refractivity contribution is 0.589. The van der Waals surface area contributed by atoms with Crippen LogP contribution < -0.4 is 0 Å². The van der Waals surface area contributed by atoms with E-state index in [-0.39, 0.29) is 0 Å². The second kappa shape index (κ2) is 9.68. The molecule has 8 aromatic rings. The van der Waals surface area contributed by atoms with Gasteiger partial charge >= 0.3 is 0 Å². The number of aromatic nitrogens is 1. The molecule has 0 saturated carbocycles. The Morgan fingerprint density at radius 3 is 1.70 bits per heavy atom. The van der Waals surface area contributed by atoms with Gasteiger partial charge < -0.3 is 4.42 Å². The van der Waals surface area contributed by atoms with Gasteiger partial charge in [-0.3, -0.25) is 0 Å². The fraction of sp³-hybridized carbons (Fsp3) is 0.0976. The van der Waals surface area contributed by atoms with Crippen molar-refractivity contribution in [3.8, 4) is 45.0 Å². The van der Waals surface area contributed by atoms with E-state index >= 15 is 0 Å². The molecule has 0 aliphatic rings. The standard InChI is InChI=1S/C41H31NO/c1-24-16-25(2)19-30(18-24)32-12-10-29-11-13-35-37(41-42-23-38(43-41)28-8-6-5-7-9-28)22-36(31-20-26(3)17-27(4)21-31)34-15-14-33(32)39(29)40(34)35/h5-23H,1-4H3. The zero-order valence-corrected chi connectivity index (χ0v) is 24.8. The Bertz CT molecular complexity index is 2280. The van der Waals surface area contributed by atoms with Crippen molar-refractivity contribution in [1.29, 1.82) is 0 Å². The highest BCUT2D eigenvalue weighted by atomic mass is 16.4. The second-order valence-corrected chi connectivity index (χ2v) is 12.0. The molecule has 0 N–H and O–H groups in total. The number of hydrogen-bond donors (Lipinski definition) is 0. The van der Waals surface area contributed by atoms with Gasteiger partial charge in [-0.05, 0) is 88.3 Å². The number of nitrogens with zero attached hydrogens (tertiary/aromatic N) is 1. The molecule has 1 aromatic heterocycles. The second-order valence-electron chi connectivity index (χ2n) is 12.0. The molecule has 2 nitrogen and oxygen atoms in total. The summed E-state index contributed by atoms with van der Waals surface area (Å²) in [6.45, 7) is 8.69. The Morgan fingerprint density at radius 2 is 1.02 bits per heavy atom. The summed E-state index contributed by atoms with van der Waals surface area (Å²) in [5.41, 5.74) is 12.0. The molecule has 0 fully saturated rings. The van der Waals surface area contributed by atoms with E-state index in [1.165, 1.54) is 71.4 Å². The molecule has 0 atom stereocenters. The summed E-state index contributed by atoms with van der Waals surface area (Å²) in [4.78, 5) is 4.83. The molecule has 0 spiro atoms. The van der Waals surface area contributed by atoms with Gasteiger partial charge in [0, 0.05) is 11.1 Å². The quantitative estimate of drug-likeness (QED) is 0.203. The van der Waals surface area contributed by atoms with Gasteiger partial charge in [-0.25, -0.2) is 4.98 Å². The summed E-state index contributed by atoms with van der Waals surface area (Å²) in [5, 5.41) is 7.44. The van der Waals surface area contributed by atoms with Gasteiger partial charge in [0.1, 0.15) is 0 Å². The van der Waals surface area contributed by atoms with Crippen LogP contribution in [0.1, 0.15) is 22.3 Å². The first-order valence-corrected chi connectivity index (χ1v) is 14.9. The van der Waals surface area contributed by atoms with E-state index < -0.39 is 0 Å². The first kappa shape index (κ1) is 25.5. The molecule has 0 saturated heterocycles. The van der Waals surface area contributed by atoms with E-state index in [1.54, 1.807) is 0 Å². The Hall–Kier alpha value is -5.21. The van der Waals surface area contributed by atoms with Gasteiger partial charge in [0.15, 0.2) is 5.76 Å². The van der Waals surface area contributed by atoms with Gasteiger partial charge in [0.05, 0.1) is 6.20 Å². The lowest BCUT2D eigenvalue weighted by Gasteiger charge is -2.19. The largest absolute Gasteiger partial charge is 0.436 e. The van der Waals surface area contributed by atoms with E-state index in [2.05, 4.69) is 119 Å². The zero-order valence-electron chi connectivity index (χ0n) is 24.8. The molecule has 0 unspecified atom stereocenters. The number of oxazole rings is 1. The Labute approximate surface area is 251 Å². The summed E-state index contributed by atoms with van der Waals surface area (Å²) in [5.74, 6) is 1.41. The third kappa shape index (κ3) is 4.21. The van der Waals surface area contributed by atoms with Crippen LogP contribution in [0.2, 0.25) is 0 Å². The minimum absolute atomic E-state index is 0.636. The lowest BCUT2D eigenvalue weighted by Crippen LogP contribution is -1.93. The maximum absolute atomic E-state index is 6.49. The van der Waals surface area contributed by atoms with Gasteiger partial charge in [-0.15, -0.1) is 0 Å². The minimum atomic E-state index is 0.636. The van der Waals surface area contributed by atoms with Crippen molar-refractivity contribution in [3.05, 3.63) is 138 Å². The van der Waals surface area contributed by atoms with Gasteiger partial charge in [0.25, 0.3) is 0 Å². The van der Waals surface area contributed by atoms with Crippen molar-refractivity contribution in [2.75, 3.05) is 0 Å². The molecular formula is C41H31NO. The van der Waals surface area contributed by atoms with Crippen LogP contribution in [-0.2, 0) is 0 Å². The van der Waals surface area contributed by atoms with Gasteiger partial charge in [-0.1, -0.05) is 125 Å². The van der Waals surface area contributed by atoms with Crippen molar-refractivity contribution >= 4 is 32.3 Å². The summed E-state index contributed by atoms with van der Waals surface area (Å²) in [7, 11) is 0. The zero-order chi connectivity index (χ0) is 29.2. The van der Waals surface area contributed by atoms with Crippen LogP contribution in [0, 0.1) is 27.7 Å². The SMILES string of the molecule is Cc1cc(C)cc(-c2ccc3ccc4c(-c5ncc(-c6ccccc6)o5)cc(-c5cc(C)cc(C)c5)c5ccc2c3c54)c1. The fourth-order valence-corrected chi connectivity index (χ4v) is 6.96. The van der Waals surface area contributed by atoms with Crippen LogP contribution in [-0.4, -0.2) is 4.98 Å². The predicted octanol–water partition coefficient (Wildman–Crippen LogP) is 11.5. The van der Waals surface area contributed by atoms with Gasteiger partial charge in [0.2, 0.25) is 5.89 Å². The highest BCUT2D eigenvalue weighted by Crippen LogP contribution is 2.46. The first-order valence-electron chi connectivity index (χ1n) is 14.9. The number of rotatable bonds is 4. The fourth-order valence-electron chi connectivity index (χ4n) is 6.96. The smallest absolute Gasteiger partial charge is 0.227 e. The molecule has 0 aliphatic carbocycles. The minimum Gasteiger partial charge on any atom is -0.436 e. The molecule has 1 heterocycles. The third-order valence-corrected chi connectivity index (χ3v) is 8.64. The molecule has 43 heavy (non-hydrogen) atoms. The average molecular weight is 554 g/mol. The average Bonchev–Trinajstić information content (AvgIpc) is 3.49. The van der Waals surface area contributed by atoms with Crippen LogP contribution in [0.25, 0.3) is 77.3 Å². The highest BCUT2D eigenvalue weighted by molar-refractivity contribution is 6.29. The molecule has 0 amide bonds. The van der Waals surface area contributed by atoms with Crippen molar-refractivity contribution in [2.45, 2.75) is 27.7 Å². The number of benzene rings is 7. The monoisotopic (exact) mass is 553 g/mol. The maximum atomic E-state index is 6.49. The Kier molecular flexibility index (Phi) is 5.74. The highest BCUT2D eigenvalue weighted by Gasteiger charge is 2.21. The van der Waals surface area contributed by atoms with Crippen LogP contribution in [0.5, 0.6) is 0 Å². The molecule has 8 rings (SSSR count). The normalized spacial score (nSPS) is 11.7. The van der Waals surface area contributed by atoms with Crippen molar-refractivity contribution in [1.82, 2.24) is 4.98 Å². The summed E-state index contributed by atoms with van der Waals surface area (Å²) < 4.78 is 6.49. The van der Waals surface area contributed by atoms with E-state index in [1.807, 2.05) is 24.4 Å². The topological polar surface area (TPSA) is 26.0 Å². The van der Waals surface area contributed by atoms with Gasteiger partial charge in [-0.2, -0.15) is 0 Å². The van der Waals surface area contributed by atoms with E-state index in [0.29, 0.717) is 5.89 Å². The summed E-state index contributed by atoms with van der Waals surface area (Å²) in [6.07, 6.45) is 1.84. The van der Waals surface area contributed by atoms with E-state index in [4.69, 9.17) is 9.40 Å². The maximum Gasteiger partial charge on any atom is 0.227 e. The molecule has 0 radical (unpaired) electrons. The summed E-state index contributed by atoms with van der Waals surface area (Å²) >= 11 is 0. The summed E-state index contributed by atoms with van der Waals surface area (Å²) in [6, 6.07) is 39.8. The third-order valence-electron chi connectivity index (χ3n) is 8.64. The predicted molar refractivity (Wildman–Crippen MR) is 181 cm³/mol. The van der Waals surface area contributed by atoms with E-state index in [0.717, 1.165) is 22.3 Å². The molecule has 0 bridgehead atoms.